The maximum atomic E-state index is 6.23. The smallest absolute Gasteiger partial charge is 0.399 e. The van der Waals surface area contributed by atoms with Crippen LogP contribution < -0.4 is 10.9 Å². The van der Waals surface area contributed by atoms with Crippen LogP contribution in [0.15, 0.2) is 36.4 Å². The highest BCUT2D eigenvalue weighted by Crippen LogP contribution is 2.48. The Kier molecular flexibility index (Phi) is 3.40. The Morgan fingerprint density at radius 1 is 0.760 bits per heavy atom. The standard InChI is InChI=1S/C21H24B2O2/c1-19(2)17-11-13(22)7-9-15(17)16-10-8-14(12-18(16)19)23-24-20(3,4)21(5,6)25-23/h7-12H,1-6H3. The van der Waals surface area contributed by atoms with Crippen LogP contribution in [0.3, 0.4) is 0 Å². The average Bonchev–Trinajstić information content (AvgIpc) is 2.87. The Bertz CT molecular complexity index is 852. The Hall–Kier alpha value is -1.51. The zero-order valence-corrected chi connectivity index (χ0v) is 15.9. The molecule has 0 unspecified atom stereocenters. The molecule has 4 rings (SSSR count). The minimum Gasteiger partial charge on any atom is -0.399 e. The van der Waals surface area contributed by atoms with Gasteiger partial charge in [0.25, 0.3) is 0 Å². The average molecular weight is 330 g/mol. The second kappa shape index (κ2) is 5.02. The zero-order valence-electron chi connectivity index (χ0n) is 15.9. The SMILES string of the molecule is [B]c1ccc2c(c1)C(C)(C)c1cc(B3OC(C)(C)C(C)(C)O3)ccc1-2. The molecule has 25 heavy (non-hydrogen) atoms. The number of rotatable bonds is 1. The van der Waals surface area contributed by atoms with Crippen LogP contribution in [0.4, 0.5) is 0 Å². The molecule has 0 amide bonds. The normalized spacial score (nSPS) is 21.9. The van der Waals surface area contributed by atoms with E-state index in [4.69, 9.17) is 17.2 Å². The van der Waals surface area contributed by atoms with Gasteiger partial charge < -0.3 is 9.31 Å². The first-order valence-electron chi connectivity index (χ1n) is 8.93. The van der Waals surface area contributed by atoms with E-state index in [0.29, 0.717) is 0 Å². The number of benzene rings is 2. The summed E-state index contributed by atoms with van der Waals surface area (Å²) in [6.07, 6.45) is 0. The molecule has 0 bridgehead atoms. The van der Waals surface area contributed by atoms with E-state index in [-0.39, 0.29) is 23.7 Å². The van der Waals surface area contributed by atoms with Crippen LogP contribution in [0.2, 0.25) is 0 Å². The van der Waals surface area contributed by atoms with Crippen LogP contribution in [0.5, 0.6) is 0 Å². The van der Waals surface area contributed by atoms with Crippen LogP contribution in [0.25, 0.3) is 11.1 Å². The van der Waals surface area contributed by atoms with Crippen molar-refractivity contribution in [1.82, 2.24) is 0 Å². The molecule has 126 valence electrons. The molecule has 0 N–H and O–H groups in total. The summed E-state index contributed by atoms with van der Waals surface area (Å²) in [6.45, 7) is 12.9. The van der Waals surface area contributed by atoms with Gasteiger partial charge in [0.2, 0.25) is 0 Å². The van der Waals surface area contributed by atoms with Crippen LogP contribution in [0, 0.1) is 0 Å². The quantitative estimate of drug-likeness (QED) is 0.748. The summed E-state index contributed by atoms with van der Waals surface area (Å²) in [5.74, 6) is 0. The number of hydrogen-bond donors (Lipinski definition) is 0. The van der Waals surface area contributed by atoms with E-state index in [1.54, 1.807) is 0 Å². The molecule has 2 aromatic rings. The zero-order chi connectivity index (χ0) is 18.2. The van der Waals surface area contributed by atoms with Gasteiger partial charge in [-0.05, 0) is 55.4 Å². The molecule has 0 saturated carbocycles. The van der Waals surface area contributed by atoms with Crippen LogP contribution in [-0.2, 0) is 14.7 Å². The van der Waals surface area contributed by atoms with Crippen molar-refractivity contribution in [1.29, 1.82) is 0 Å². The molecule has 2 aromatic carbocycles. The molecular weight excluding hydrogens is 306 g/mol. The molecule has 2 aliphatic rings. The number of hydrogen-bond acceptors (Lipinski definition) is 2. The number of fused-ring (bicyclic) bond motifs is 3. The van der Waals surface area contributed by atoms with E-state index in [0.717, 1.165) is 10.9 Å². The summed E-state index contributed by atoms with van der Waals surface area (Å²) >= 11 is 0. The Morgan fingerprint density at radius 2 is 1.28 bits per heavy atom. The van der Waals surface area contributed by atoms with E-state index in [2.05, 4.69) is 71.9 Å². The van der Waals surface area contributed by atoms with Crippen molar-refractivity contribution in [2.75, 3.05) is 0 Å². The molecular formula is C21H24B2O2. The lowest BCUT2D eigenvalue weighted by atomic mass is 9.74. The van der Waals surface area contributed by atoms with Crippen molar-refractivity contribution in [2.45, 2.75) is 58.2 Å². The lowest BCUT2D eigenvalue weighted by Crippen LogP contribution is -2.41. The summed E-state index contributed by atoms with van der Waals surface area (Å²) in [4.78, 5) is 0. The first kappa shape index (κ1) is 16.9. The Balaban J connectivity index is 1.79. The third kappa shape index (κ3) is 2.34. The molecule has 0 spiro atoms. The molecule has 1 saturated heterocycles. The van der Waals surface area contributed by atoms with Gasteiger partial charge in [0.15, 0.2) is 0 Å². The van der Waals surface area contributed by atoms with Crippen molar-refractivity contribution in [3.8, 4) is 11.1 Å². The maximum absolute atomic E-state index is 6.23. The minimum atomic E-state index is -0.333. The van der Waals surface area contributed by atoms with Crippen molar-refractivity contribution in [2.24, 2.45) is 0 Å². The topological polar surface area (TPSA) is 18.5 Å². The van der Waals surface area contributed by atoms with E-state index in [9.17, 15) is 0 Å². The predicted molar refractivity (Wildman–Crippen MR) is 105 cm³/mol. The second-order valence-electron chi connectivity index (χ2n) is 8.82. The highest BCUT2D eigenvalue weighted by Gasteiger charge is 2.52. The molecule has 2 radical (unpaired) electrons. The molecule has 1 fully saturated rings. The van der Waals surface area contributed by atoms with Crippen molar-refractivity contribution in [3.63, 3.8) is 0 Å². The van der Waals surface area contributed by atoms with Crippen molar-refractivity contribution < 1.29 is 9.31 Å². The van der Waals surface area contributed by atoms with Gasteiger partial charge in [-0.15, -0.1) is 0 Å². The summed E-state index contributed by atoms with van der Waals surface area (Å²) in [7, 11) is 5.70. The fraction of sp³-hybridized carbons (Fsp3) is 0.429. The molecule has 4 heteroatoms. The van der Waals surface area contributed by atoms with Crippen molar-refractivity contribution >= 4 is 25.9 Å². The van der Waals surface area contributed by atoms with Gasteiger partial charge in [0, 0.05) is 5.41 Å². The van der Waals surface area contributed by atoms with Gasteiger partial charge in [-0.25, -0.2) is 0 Å². The van der Waals surface area contributed by atoms with Gasteiger partial charge in [0.1, 0.15) is 7.85 Å². The van der Waals surface area contributed by atoms with Gasteiger partial charge in [-0.1, -0.05) is 55.7 Å². The van der Waals surface area contributed by atoms with Gasteiger partial charge in [-0.2, -0.15) is 0 Å². The third-order valence-electron chi connectivity index (χ3n) is 6.25. The summed E-state index contributed by atoms with van der Waals surface area (Å²) < 4.78 is 12.5. The lowest BCUT2D eigenvalue weighted by molar-refractivity contribution is 0.00578. The lowest BCUT2D eigenvalue weighted by Gasteiger charge is -2.32. The first-order chi connectivity index (χ1) is 11.5. The molecule has 1 aliphatic carbocycles. The van der Waals surface area contributed by atoms with E-state index >= 15 is 0 Å². The summed E-state index contributed by atoms with van der Waals surface area (Å²) in [5.41, 5.74) is 6.29. The fourth-order valence-electron chi connectivity index (χ4n) is 3.90. The summed E-state index contributed by atoms with van der Waals surface area (Å²) in [6, 6.07) is 12.8. The molecule has 1 heterocycles. The van der Waals surface area contributed by atoms with E-state index in [1.165, 1.54) is 22.3 Å². The van der Waals surface area contributed by atoms with Crippen LogP contribution in [-0.4, -0.2) is 26.2 Å². The highest BCUT2D eigenvalue weighted by molar-refractivity contribution is 6.62. The summed E-state index contributed by atoms with van der Waals surface area (Å²) in [5, 5.41) is 0. The monoisotopic (exact) mass is 330 g/mol. The van der Waals surface area contributed by atoms with E-state index < -0.39 is 0 Å². The second-order valence-corrected chi connectivity index (χ2v) is 8.82. The van der Waals surface area contributed by atoms with Gasteiger partial charge in [0.05, 0.1) is 11.2 Å². The largest absolute Gasteiger partial charge is 0.494 e. The third-order valence-corrected chi connectivity index (χ3v) is 6.25. The maximum Gasteiger partial charge on any atom is 0.494 e. The minimum absolute atomic E-state index is 0.0836. The van der Waals surface area contributed by atoms with Crippen LogP contribution >= 0.6 is 0 Å². The van der Waals surface area contributed by atoms with Crippen LogP contribution in [0.1, 0.15) is 52.7 Å². The molecule has 0 atom stereocenters. The molecule has 1 aliphatic heterocycles. The van der Waals surface area contributed by atoms with Crippen molar-refractivity contribution in [3.05, 3.63) is 47.5 Å². The van der Waals surface area contributed by atoms with Gasteiger partial charge >= 0.3 is 7.12 Å². The Morgan fingerprint density at radius 3 is 1.88 bits per heavy atom. The fourth-order valence-corrected chi connectivity index (χ4v) is 3.90. The predicted octanol–water partition coefficient (Wildman–Crippen LogP) is 3.09. The molecule has 2 nitrogen and oxygen atoms in total. The van der Waals surface area contributed by atoms with Gasteiger partial charge in [-0.3, -0.25) is 0 Å². The molecule has 0 aromatic heterocycles. The Labute approximate surface area is 152 Å². The highest BCUT2D eigenvalue weighted by atomic mass is 16.7. The van der Waals surface area contributed by atoms with E-state index in [1.807, 2.05) is 6.07 Å². The first-order valence-corrected chi connectivity index (χ1v) is 8.93.